The van der Waals surface area contributed by atoms with E-state index < -0.39 is 0 Å². The highest BCUT2D eigenvalue weighted by molar-refractivity contribution is 5.75. The monoisotopic (exact) mass is 285 g/mol. The Kier molecular flexibility index (Phi) is 4.59. The van der Waals surface area contributed by atoms with E-state index in [0.29, 0.717) is 0 Å². The van der Waals surface area contributed by atoms with Crippen molar-refractivity contribution in [1.82, 2.24) is 14.9 Å². The Morgan fingerprint density at radius 3 is 2.95 bits per heavy atom. The van der Waals surface area contributed by atoms with E-state index in [-0.39, 0.29) is 0 Å². The lowest BCUT2D eigenvalue weighted by molar-refractivity contribution is 0.267. The molecule has 2 aromatic rings. The summed E-state index contributed by atoms with van der Waals surface area (Å²) in [6.45, 7) is 4.38. The first-order valence-corrected chi connectivity index (χ1v) is 8.35. The van der Waals surface area contributed by atoms with Gasteiger partial charge in [-0.15, -0.1) is 0 Å². The number of imidazole rings is 1. The van der Waals surface area contributed by atoms with Gasteiger partial charge in [-0.05, 0) is 43.4 Å². The third-order valence-electron chi connectivity index (χ3n) is 4.94. The predicted molar refractivity (Wildman–Crippen MR) is 88.2 cm³/mol. The van der Waals surface area contributed by atoms with E-state index in [2.05, 4.69) is 48.1 Å². The van der Waals surface area contributed by atoms with Crippen LogP contribution in [0.4, 0.5) is 0 Å². The van der Waals surface area contributed by atoms with Crippen LogP contribution in [0.2, 0.25) is 0 Å². The molecule has 2 atom stereocenters. The number of nitrogens with one attached hydrogen (secondary N) is 1. The molecular weight excluding hydrogens is 258 g/mol. The molecule has 1 aromatic carbocycles. The molecule has 21 heavy (non-hydrogen) atoms. The molecule has 1 heterocycles. The topological polar surface area (TPSA) is 29.9 Å². The Labute approximate surface area is 127 Å². The summed E-state index contributed by atoms with van der Waals surface area (Å²) in [6.07, 6.45) is 7.03. The lowest BCUT2D eigenvalue weighted by Gasteiger charge is -2.26. The average molecular weight is 285 g/mol. The molecule has 1 aliphatic carbocycles. The molecule has 1 saturated carbocycles. The van der Waals surface area contributed by atoms with Gasteiger partial charge in [0.2, 0.25) is 0 Å². The quantitative estimate of drug-likeness (QED) is 0.845. The van der Waals surface area contributed by atoms with Crippen LogP contribution in [0, 0.1) is 11.8 Å². The second kappa shape index (κ2) is 6.61. The standard InChI is InChI=1S/C18H27N3/c1-14-6-5-7-15(12-14)10-11-19-13-18-20-16-8-3-4-9-17(16)21(18)2/h3-4,8-9,14-15,19H,5-7,10-13H2,1-2H3. The van der Waals surface area contributed by atoms with Crippen LogP contribution in [0.1, 0.15) is 44.9 Å². The SMILES string of the molecule is CC1CCCC(CCNCc2nc3ccccc3n2C)C1. The first kappa shape index (κ1) is 14.6. The lowest BCUT2D eigenvalue weighted by atomic mass is 9.81. The van der Waals surface area contributed by atoms with Crippen molar-refractivity contribution in [1.29, 1.82) is 0 Å². The van der Waals surface area contributed by atoms with Crippen LogP contribution < -0.4 is 5.32 Å². The van der Waals surface area contributed by atoms with Crippen LogP contribution in [0.3, 0.4) is 0 Å². The summed E-state index contributed by atoms with van der Waals surface area (Å²) >= 11 is 0. The molecule has 0 bridgehead atoms. The lowest BCUT2D eigenvalue weighted by Crippen LogP contribution is -2.22. The summed E-state index contributed by atoms with van der Waals surface area (Å²) in [5.74, 6) is 3.00. The van der Waals surface area contributed by atoms with Crippen LogP contribution in [-0.4, -0.2) is 16.1 Å². The first-order chi connectivity index (χ1) is 10.2. The van der Waals surface area contributed by atoms with E-state index >= 15 is 0 Å². The Morgan fingerprint density at radius 1 is 1.29 bits per heavy atom. The molecule has 0 radical (unpaired) electrons. The van der Waals surface area contributed by atoms with Crippen LogP contribution in [0.5, 0.6) is 0 Å². The van der Waals surface area contributed by atoms with Gasteiger partial charge in [0.1, 0.15) is 5.82 Å². The Morgan fingerprint density at radius 2 is 2.14 bits per heavy atom. The number of benzene rings is 1. The molecule has 2 unspecified atom stereocenters. The van der Waals surface area contributed by atoms with Gasteiger partial charge in [-0.3, -0.25) is 0 Å². The largest absolute Gasteiger partial charge is 0.330 e. The van der Waals surface area contributed by atoms with E-state index in [9.17, 15) is 0 Å². The highest BCUT2D eigenvalue weighted by Gasteiger charge is 2.18. The summed E-state index contributed by atoms with van der Waals surface area (Å²) < 4.78 is 2.20. The third kappa shape index (κ3) is 3.46. The average Bonchev–Trinajstić information content (AvgIpc) is 2.81. The van der Waals surface area contributed by atoms with Gasteiger partial charge in [0.25, 0.3) is 0 Å². The van der Waals surface area contributed by atoms with E-state index in [1.165, 1.54) is 37.6 Å². The highest BCUT2D eigenvalue weighted by Crippen LogP contribution is 2.30. The molecule has 0 aliphatic heterocycles. The molecule has 1 N–H and O–H groups in total. The molecule has 1 fully saturated rings. The van der Waals surface area contributed by atoms with Crippen molar-refractivity contribution in [3.63, 3.8) is 0 Å². The van der Waals surface area contributed by atoms with Crippen LogP contribution in [-0.2, 0) is 13.6 Å². The molecule has 0 spiro atoms. The number of fused-ring (bicyclic) bond motifs is 1. The summed E-state index contributed by atoms with van der Waals surface area (Å²) in [5.41, 5.74) is 2.31. The zero-order valence-corrected chi connectivity index (χ0v) is 13.3. The van der Waals surface area contributed by atoms with E-state index in [0.717, 1.165) is 36.3 Å². The van der Waals surface area contributed by atoms with Crippen molar-refractivity contribution in [2.24, 2.45) is 18.9 Å². The van der Waals surface area contributed by atoms with Crippen molar-refractivity contribution in [3.8, 4) is 0 Å². The maximum absolute atomic E-state index is 4.71. The summed E-state index contributed by atoms with van der Waals surface area (Å²) in [6, 6.07) is 8.35. The molecule has 0 amide bonds. The van der Waals surface area contributed by atoms with Gasteiger partial charge in [-0.25, -0.2) is 4.98 Å². The minimum absolute atomic E-state index is 0.869. The van der Waals surface area contributed by atoms with Crippen molar-refractivity contribution in [3.05, 3.63) is 30.1 Å². The maximum atomic E-state index is 4.71. The van der Waals surface area contributed by atoms with Crippen molar-refractivity contribution in [2.75, 3.05) is 6.54 Å². The molecule has 1 aromatic heterocycles. The Hall–Kier alpha value is -1.35. The van der Waals surface area contributed by atoms with Crippen molar-refractivity contribution >= 4 is 11.0 Å². The molecule has 0 saturated heterocycles. The normalized spacial score (nSPS) is 22.8. The van der Waals surface area contributed by atoms with Gasteiger partial charge in [0.05, 0.1) is 17.6 Å². The number of para-hydroxylation sites is 2. The van der Waals surface area contributed by atoms with Crippen LogP contribution in [0.15, 0.2) is 24.3 Å². The van der Waals surface area contributed by atoms with Gasteiger partial charge in [0, 0.05) is 7.05 Å². The minimum atomic E-state index is 0.869. The van der Waals surface area contributed by atoms with E-state index in [4.69, 9.17) is 4.98 Å². The number of aromatic nitrogens is 2. The first-order valence-electron chi connectivity index (χ1n) is 8.35. The fourth-order valence-electron chi connectivity index (χ4n) is 3.68. The van der Waals surface area contributed by atoms with E-state index in [1.54, 1.807) is 0 Å². The predicted octanol–water partition coefficient (Wildman–Crippen LogP) is 3.88. The van der Waals surface area contributed by atoms with Crippen LogP contribution in [0.25, 0.3) is 11.0 Å². The van der Waals surface area contributed by atoms with Gasteiger partial charge < -0.3 is 9.88 Å². The highest BCUT2D eigenvalue weighted by atomic mass is 15.1. The number of hydrogen-bond donors (Lipinski definition) is 1. The summed E-state index contributed by atoms with van der Waals surface area (Å²) in [4.78, 5) is 4.71. The summed E-state index contributed by atoms with van der Waals surface area (Å²) in [5, 5.41) is 3.58. The fraction of sp³-hybridized carbons (Fsp3) is 0.611. The number of aryl methyl sites for hydroxylation is 1. The van der Waals surface area contributed by atoms with Gasteiger partial charge in [-0.2, -0.15) is 0 Å². The van der Waals surface area contributed by atoms with Gasteiger partial charge in [-0.1, -0.05) is 38.3 Å². The zero-order chi connectivity index (χ0) is 14.7. The molecule has 1 aliphatic rings. The number of hydrogen-bond acceptors (Lipinski definition) is 2. The minimum Gasteiger partial charge on any atom is -0.330 e. The summed E-state index contributed by atoms with van der Waals surface area (Å²) in [7, 11) is 2.11. The zero-order valence-electron chi connectivity index (χ0n) is 13.3. The molecular formula is C18H27N3. The van der Waals surface area contributed by atoms with Gasteiger partial charge >= 0.3 is 0 Å². The van der Waals surface area contributed by atoms with Crippen molar-refractivity contribution in [2.45, 2.75) is 45.6 Å². The second-order valence-corrected chi connectivity index (χ2v) is 6.68. The van der Waals surface area contributed by atoms with Gasteiger partial charge in [0.15, 0.2) is 0 Å². The Balaban J connectivity index is 1.49. The van der Waals surface area contributed by atoms with E-state index in [1.807, 2.05) is 0 Å². The Bertz CT molecular complexity index is 587. The second-order valence-electron chi connectivity index (χ2n) is 6.68. The molecule has 3 heteroatoms. The van der Waals surface area contributed by atoms with Crippen LogP contribution >= 0.6 is 0 Å². The smallest absolute Gasteiger partial charge is 0.123 e. The third-order valence-corrected chi connectivity index (χ3v) is 4.94. The molecule has 3 rings (SSSR count). The fourth-order valence-corrected chi connectivity index (χ4v) is 3.68. The number of rotatable bonds is 5. The number of nitrogens with zero attached hydrogens (tertiary/aromatic N) is 2. The van der Waals surface area contributed by atoms with Crippen molar-refractivity contribution < 1.29 is 0 Å². The molecule has 114 valence electrons. The maximum Gasteiger partial charge on any atom is 0.123 e. The molecule has 3 nitrogen and oxygen atoms in total.